The Morgan fingerprint density at radius 1 is 1.50 bits per heavy atom. The number of hydrogen-bond donors (Lipinski definition) is 0. The van der Waals surface area contributed by atoms with Crippen LogP contribution in [0.3, 0.4) is 0 Å². The first-order valence-electron chi connectivity index (χ1n) is 4.95. The molecule has 2 aliphatic rings. The quantitative estimate of drug-likeness (QED) is 0.738. The van der Waals surface area contributed by atoms with E-state index >= 15 is 0 Å². The second kappa shape index (κ2) is 2.69. The lowest BCUT2D eigenvalue weighted by Crippen LogP contribution is -2.18. The Hall–Kier alpha value is -0.630. The minimum absolute atomic E-state index is 0.00676. The Labute approximate surface area is 91.6 Å². The monoisotopic (exact) mass is 250 g/mol. The van der Waals surface area contributed by atoms with Gasteiger partial charge in [-0.3, -0.25) is 4.79 Å². The van der Waals surface area contributed by atoms with Crippen molar-refractivity contribution < 1.29 is 4.79 Å². The number of Topliss-reactive ketones (excluding diaryl/α,β-unsaturated/α-hetero) is 1. The molecule has 2 atom stereocenters. The van der Waals surface area contributed by atoms with Crippen LogP contribution in [0.2, 0.25) is 0 Å². The Bertz CT molecular complexity index is 413. The number of carbonyl (C=O) groups excluding carboxylic acids is 1. The van der Waals surface area contributed by atoms with Gasteiger partial charge in [0.05, 0.1) is 5.33 Å². The molecule has 1 saturated carbocycles. The summed E-state index contributed by atoms with van der Waals surface area (Å²) in [5.74, 6) is 0.919. The first-order valence-corrected chi connectivity index (χ1v) is 6.07. The average Bonchev–Trinajstić information content (AvgIpc) is 2.86. The van der Waals surface area contributed by atoms with Gasteiger partial charge in [0.15, 0.2) is 0 Å². The number of rotatable bonds is 2. The van der Waals surface area contributed by atoms with E-state index in [9.17, 15) is 4.79 Å². The predicted octanol–water partition coefficient (Wildman–Crippen LogP) is 2.68. The van der Waals surface area contributed by atoms with Crippen LogP contribution in [0.4, 0.5) is 0 Å². The smallest absolute Gasteiger partial charge is 0.150 e. The van der Waals surface area contributed by atoms with E-state index in [1.54, 1.807) is 0 Å². The second-order valence-corrected chi connectivity index (χ2v) is 4.91. The van der Waals surface area contributed by atoms with Gasteiger partial charge in [0.1, 0.15) is 5.78 Å². The number of ketones is 1. The fraction of sp³-hybridized carbons (Fsp3) is 0.417. The third kappa shape index (κ3) is 0.924. The summed E-state index contributed by atoms with van der Waals surface area (Å²) in [5.41, 5.74) is 2.80. The third-order valence-corrected chi connectivity index (χ3v) is 4.20. The first kappa shape index (κ1) is 8.66. The highest BCUT2D eigenvalue weighted by atomic mass is 79.9. The van der Waals surface area contributed by atoms with Gasteiger partial charge in [-0.25, -0.2) is 0 Å². The molecular weight excluding hydrogens is 240 g/mol. The molecule has 1 nitrogen and oxygen atoms in total. The van der Waals surface area contributed by atoms with Crippen molar-refractivity contribution in [3.63, 3.8) is 0 Å². The number of fused-ring (bicyclic) bond motifs is 3. The molecule has 14 heavy (non-hydrogen) atoms. The molecule has 2 aliphatic carbocycles. The van der Waals surface area contributed by atoms with Crippen LogP contribution in [0.5, 0.6) is 0 Å². The Morgan fingerprint density at radius 2 is 2.29 bits per heavy atom. The van der Waals surface area contributed by atoms with Gasteiger partial charge in [0.25, 0.3) is 0 Å². The minimum atomic E-state index is -0.00676. The van der Waals surface area contributed by atoms with Crippen LogP contribution in [0, 0.1) is 5.41 Å². The van der Waals surface area contributed by atoms with Crippen molar-refractivity contribution in [2.45, 2.75) is 18.8 Å². The number of benzene rings is 1. The normalized spacial score (nSPS) is 32.2. The van der Waals surface area contributed by atoms with Crippen LogP contribution in [0.15, 0.2) is 24.3 Å². The van der Waals surface area contributed by atoms with Crippen LogP contribution in [0.1, 0.15) is 23.5 Å². The zero-order chi connectivity index (χ0) is 9.76. The van der Waals surface area contributed by atoms with E-state index in [0.29, 0.717) is 17.0 Å². The van der Waals surface area contributed by atoms with Gasteiger partial charge < -0.3 is 0 Å². The number of carbonyl (C=O) groups is 1. The molecule has 0 spiro atoms. The molecule has 2 unspecified atom stereocenters. The summed E-state index contributed by atoms with van der Waals surface area (Å²) in [4.78, 5) is 11.8. The molecule has 0 bridgehead atoms. The molecule has 1 aromatic carbocycles. The lowest BCUT2D eigenvalue weighted by Gasteiger charge is -2.07. The van der Waals surface area contributed by atoms with Crippen molar-refractivity contribution >= 4 is 21.7 Å². The van der Waals surface area contributed by atoms with E-state index in [-0.39, 0.29) is 5.41 Å². The third-order valence-electron chi connectivity index (χ3n) is 3.69. The highest BCUT2D eigenvalue weighted by molar-refractivity contribution is 9.09. The minimum Gasteiger partial charge on any atom is -0.298 e. The Kier molecular flexibility index (Phi) is 1.67. The standard InChI is InChI=1S/C12H11BrO/c13-7-11(14)12-5-8-3-1-2-4-9(8)10(12)6-12/h1-4,10H,5-7H2. The molecule has 0 aromatic heterocycles. The van der Waals surface area contributed by atoms with Crippen LogP contribution in [-0.4, -0.2) is 11.1 Å². The molecule has 2 heteroatoms. The zero-order valence-electron chi connectivity index (χ0n) is 7.79. The number of hydrogen-bond acceptors (Lipinski definition) is 1. The van der Waals surface area contributed by atoms with Gasteiger partial charge >= 0.3 is 0 Å². The van der Waals surface area contributed by atoms with E-state index in [0.717, 1.165) is 12.8 Å². The molecule has 1 aromatic rings. The highest BCUT2D eigenvalue weighted by Gasteiger charge is 2.63. The van der Waals surface area contributed by atoms with Gasteiger partial charge in [0, 0.05) is 5.41 Å². The molecule has 3 rings (SSSR count). The summed E-state index contributed by atoms with van der Waals surface area (Å²) in [5, 5.41) is 0.511. The molecule has 0 amide bonds. The average molecular weight is 251 g/mol. The topological polar surface area (TPSA) is 17.1 Å². The summed E-state index contributed by atoms with van der Waals surface area (Å²) in [6.07, 6.45) is 2.05. The molecule has 0 saturated heterocycles. The molecular formula is C12H11BrO. The fourth-order valence-electron chi connectivity index (χ4n) is 2.82. The van der Waals surface area contributed by atoms with Crippen molar-refractivity contribution in [1.29, 1.82) is 0 Å². The van der Waals surface area contributed by atoms with Crippen molar-refractivity contribution in [2.24, 2.45) is 5.41 Å². The summed E-state index contributed by atoms with van der Waals surface area (Å²) >= 11 is 3.28. The van der Waals surface area contributed by atoms with E-state index in [1.165, 1.54) is 11.1 Å². The van der Waals surface area contributed by atoms with E-state index in [4.69, 9.17) is 0 Å². The van der Waals surface area contributed by atoms with Crippen LogP contribution in [-0.2, 0) is 11.2 Å². The molecule has 72 valence electrons. The SMILES string of the molecule is O=C(CBr)C12Cc3ccccc3C1C2. The maximum absolute atomic E-state index is 11.8. The predicted molar refractivity (Wildman–Crippen MR) is 58.7 cm³/mol. The van der Waals surface area contributed by atoms with Gasteiger partial charge in [-0.15, -0.1) is 0 Å². The summed E-state index contributed by atoms with van der Waals surface area (Å²) in [7, 11) is 0. The summed E-state index contributed by atoms with van der Waals surface area (Å²) in [6, 6.07) is 8.47. The van der Waals surface area contributed by atoms with Crippen molar-refractivity contribution in [1.82, 2.24) is 0 Å². The van der Waals surface area contributed by atoms with Crippen molar-refractivity contribution in [3.8, 4) is 0 Å². The van der Waals surface area contributed by atoms with Gasteiger partial charge in [-0.05, 0) is 29.9 Å². The molecule has 0 aliphatic heterocycles. The Morgan fingerprint density at radius 3 is 3.00 bits per heavy atom. The maximum atomic E-state index is 11.8. The van der Waals surface area contributed by atoms with Crippen molar-refractivity contribution in [3.05, 3.63) is 35.4 Å². The van der Waals surface area contributed by atoms with E-state index in [1.807, 2.05) is 0 Å². The fourth-order valence-corrected chi connectivity index (χ4v) is 3.38. The number of halogens is 1. The second-order valence-electron chi connectivity index (χ2n) is 4.35. The van der Waals surface area contributed by atoms with Crippen LogP contribution < -0.4 is 0 Å². The molecule has 0 heterocycles. The maximum Gasteiger partial charge on any atom is 0.150 e. The molecule has 1 fully saturated rings. The van der Waals surface area contributed by atoms with Crippen LogP contribution in [0.25, 0.3) is 0 Å². The summed E-state index contributed by atoms with van der Waals surface area (Å²) in [6.45, 7) is 0. The van der Waals surface area contributed by atoms with Crippen LogP contribution >= 0.6 is 15.9 Å². The molecule has 0 radical (unpaired) electrons. The van der Waals surface area contributed by atoms with E-state index in [2.05, 4.69) is 40.2 Å². The van der Waals surface area contributed by atoms with E-state index < -0.39 is 0 Å². The highest BCUT2D eigenvalue weighted by Crippen LogP contribution is 2.67. The Balaban J connectivity index is 2.00. The molecule has 0 N–H and O–H groups in total. The zero-order valence-corrected chi connectivity index (χ0v) is 9.38. The van der Waals surface area contributed by atoms with Gasteiger partial charge in [-0.1, -0.05) is 40.2 Å². The van der Waals surface area contributed by atoms with Gasteiger partial charge in [0.2, 0.25) is 0 Å². The lowest BCUT2D eigenvalue weighted by molar-refractivity contribution is -0.121. The first-order chi connectivity index (χ1) is 6.78. The lowest BCUT2D eigenvalue weighted by atomic mass is 9.97. The number of alkyl halides is 1. The largest absolute Gasteiger partial charge is 0.298 e. The van der Waals surface area contributed by atoms with Crippen molar-refractivity contribution in [2.75, 3.05) is 5.33 Å². The van der Waals surface area contributed by atoms with Gasteiger partial charge in [-0.2, -0.15) is 0 Å². The summed E-state index contributed by atoms with van der Waals surface area (Å²) < 4.78 is 0.